The van der Waals surface area contributed by atoms with E-state index in [1.165, 1.54) is 44.9 Å². The van der Waals surface area contributed by atoms with Gasteiger partial charge in [-0.1, -0.05) is 44.8 Å². The van der Waals surface area contributed by atoms with Gasteiger partial charge in [0.05, 0.1) is 6.61 Å². The third-order valence-corrected chi connectivity index (χ3v) is 2.84. The number of hydrogen-bond donors (Lipinski definition) is 0. The van der Waals surface area contributed by atoms with Gasteiger partial charge in [-0.3, -0.25) is 4.79 Å². The van der Waals surface area contributed by atoms with E-state index in [1.807, 2.05) is 0 Å². The van der Waals surface area contributed by atoms with Crippen LogP contribution in [0.15, 0.2) is 12.2 Å². The Morgan fingerprint density at radius 1 is 0.824 bits per heavy atom. The Bertz CT molecular complexity index is 176. The van der Waals surface area contributed by atoms with Gasteiger partial charge in [0.2, 0.25) is 0 Å². The molecule has 0 aliphatic rings. The lowest BCUT2D eigenvalue weighted by Crippen LogP contribution is -1.90. The Morgan fingerprint density at radius 2 is 1.41 bits per heavy atom. The molecule has 0 aromatic heterocycles. The van der Waals surface area contributed by atoms with Crippen molar-refractivity contribution >= 4 is 6.47 Å². The van der Waals surface area contributed by atoms with E-state index in [4.69, 9.17) is 0 Å². The van der Waals surface area contributed by atoms with Gasteiger partial charge in [-0.25, -0.2) is 0 Å². The summed E-state index contributed by atoms with van der Waals surface area (Å²) in [5.74, 6) is 0. The van der Waals surface area contributed by atoms with Crippen LogP contribution < -0.4 is 0 Å². The summed E-state index contributed by atoms with van der Waals surface area (Å²) in [6.07, 6.45) is 17.2. The van der Waals surface area contributed by atoms with Gasteiger partial charge in [0.25, 0.3) is 6.47 Å². The molecule has 17 heavy (non-hydrogen) atoms. The smallest absolute Gasteiger partial charge is 0.293 e. The highest BCUT2D eigenvalue weighted by atomic mass is 16.5. The summed E-state index contributed by atoms with van der Waals surface area (Å²) < 4.78 is 4.63. The average molecular weight is 240 g/mol. The molecular formula is C15H28O2. The van der Waals surface area contributed by atoms with E-state index < -0.39 is 0 Å². The summed E-state index contributed by atoms with van der Waals surface area (Å²) in [7, 11) is 0. The van der Waals surface area contributed by atoms with Crippen LogP contribution in [0.2, 0.25) is 0 Å². The van der Waals surface area contributed by atoms with Crippen LogP contribution in [0, 0.1) is 0 Å². The van der Waals surface area contributed by atoms with Crippen LogP contribution in [0.4, 0.5) is 0 Å². The molecule has 0 aromatic rings. The second-order valence-electron chi connectivity index (χ2n) is 4.49. The first-order chi connectivity index (χ1) is 8.41. The Balaban J connectivity index is 3.01. The lowest BCUT2D eigenvalue weighted by Gasteiger charge is -1.98. The summed E-state index contributed by atoms with van der Waals surface area (Å²) in [6, 6.07) is 0. The molecule has 0 fully saturated rings. The molecule has 0 amide bonds. The third kappa shape index (κ3) is 15.2. The first-order valence-corrected chi connectivity index (χ1v) is 7.12. The molecule has 0 aliphatic heterocycles. The van der Waals surface area contributed by atoms with Crippen molar-refractivity contribution in [3.05, 3.63) is 12.2 Å². The van der Waals surface area contributed by atoms with E-state index in [2.05, 4.69) is 23.8 Å². The minimum absolute atomic E-state index is 0.526. The topological polar surface area (TPSA) is 26.3 Å². The molecule has 0 rings (SSSR count). The lowest BCUT2D eigenvalue weighted by molar-refractivity contribution is -0.128. The van der Waals surface area contributed by atoms with Crippen molar-refractivity contribution in [2.24, 2.45) is 0 Å². The Labute approximate surface area is 106 Å². The molecule has 2 nitrogen and oxygen atoms in total. The highest BCUT2D eigenvalue weighted by Crippen LogP contribution is 2.06. The molecule has 2 heteroatoms. The van der Waals surface area contributed by atoms with Crippen LogP contribution >= 0.6 is 0 Å². The van der Waals surface area contributed by atoms with Crippen molar-refractivity contribution in [2.45, 2.75) is 71.1 Å². The average Bonchev–Trinajstić information content (AvgIpc) is 2.35. The van der Waals surface area contributed by atoms with Crippen LogP contribution in [-0.4, -0.2) is 13.1 Å². The predicted molar refractivity (Wildman–Crippen MR) is 73.0 cm³/mol. The first-order valence-electron chi connectivity index (χ1n) is 7.12. The van der Waals surface area contributed by atoms with E-state index in [-0.39, 0.29) is 0 Å². The zero-order chi connectivity index (χ0) is 12.6. The summed E-state index contributed by atoms with van der Waals surface area (Å²) in [6.45, 7) is 3.35. The number of ether oxygens (including phenoxy) is 1. The highest BCUT2D eigenvalue weighted by Gasteiger charge is 1.88. The lowest BCUT2D eigenvalue weighted by atomic mass is 10.1. The van der Waals surface area contributed by atoms with E-state index in [0.29, 0.717) is 13.1 Å². The maximum Gasteiger partial charge on any atom is 0.293 e. The second kappa shape index (κ2) is 15.2. The molecule has 0 bridgehead atoms. The van der Waals surface area contributed by atoms with Gasteiger partial charge in [-0.2, -0.15) is 0 Å². The van der Waals surface area contributed by atoms with E-state index in [9.17, 15) is 4.79 Å². The molecule has 0 radical (unpaired) electrons. The highest BCUT2D eigenvalue weighted by molar-refractivity contribution is 5.36. The molecule has 0 saturated carbocycles. The number of rotatable bonds is 13. The number of unbranched alkanes of at least 4 members (excludes halogenated alkanes) is 8. The van der Waals surface area contributed by atoms with Crippen molar-refractivity contribution in [1.29, 1.82) is 0 Å². The maximum atomic E-state index is 9.87. The van der Waals surface area contributed by atoms with Crippen molar-refractivity contribution in [3.8, 4) is 0 Å². The predicted octanol–water partition coefficient (Wildman–Crippen LogP) is 4.64. The molecule has 0 aromatic carbocycles. The monoisotopic (exact) mass is 240 g/mol. The normalized spacial score (nSPS) is 10.9. The molecule has 0 unspecified atom stereocenters. The van der Waals surface area contributed by atoms with E-state index in [1.54, 1.807) is 0 Å². The van der Waals surface area contributed by atoms with Crippen molar-refractivity contribution in [2.75, 3.05) is 6.61 Å². The molecular weight excluding hydrogens is 212 g/mol. The Kier molecular flexibility index (Phi) is 14.5. The second-order valence-corrected chi connectivity index (χ2v) is 4.49. The SMILES string of the molecule is CCCCCCC/C=C\CCCCCOC=O. The van der Waals surface area contributed by atoms with Gasteiger partial charge in [0, 0.05) is 0 Å². The summed E-state index contributed by atoms with van der Waals surface area (Å²) in [5, 5.41) is 0. The molecule has 0 atom stereocenters. The van der Waals surface area contributed by atoms with Gasteiger partial charge in [-0.15, -0.1) is 0 Å². The largest absolute Gasteiger partial charge is 0.468 e. The minimum atomic E-state index is 0.526. The van der Waals surface area contributed by atoms with Crippen LogP contribution in [0.25, 0.3) is 0 Å². The Hall–Kier alpha value is -0.790. The van der Waals surface area contributed by atoms with Gasteiger partial charge in [0.1, 0.15) is 0 Å². The van der Waals surface area contributed by atoms with Crippen molar-refractivity contribution in [3.63, 3.8) is 0 Å². The van der Waals surface area contributed by atoms with Crippen molar-refractivity contribution < 1.29 is 9.53 Å². The molecule has 0 N–H and O–H groups in total. The summed E-state index contributed by atoms with van der Waals surface area (Å²) in [5.41, 5.74) is 0. The van der Waals surface area contributed by atoms with Gasteiger partial charge < -0.3 is 4.74 Å². The van der Waals surface area contributed by atoms with E-state index in [0.717, 1.165) is 19.3 Å². The standard InChI is InChI=1S/C15H28O2/c1-2-3-4-5-6-7-8-9-10-11-12-13-14-17-15-16/h8-9,15H,2-7,10-14H2,1H3/b9-8-. The fourth-order valence-electron chi connectivity index (χ4n) is 1.77. The molecule has 0 heterocycles. The van der Waals surface area contributed by atoms with Crippen LogP contribution in [0.5, 0.6) is 0 Å². The molecule has 0 spiro atoms. The van der Waals surface area contributed by atoms with E-state index >= 15 is 0 Å². The number of carbonyl (C=O) groups excluding carboxylic acids is 1. The Morgan fingerprint density at radius 3 is 2.00 bits per heavy atom. The maximum absolute atomic E-state index is 9.87. The van der Waals surface area contributed by atoms with Crippen LogP contribution in [0.3, 0.4) is 0 Å². The zero-order valence-electron chi connectivity index (χ0n) is 11.3. The van der Waals surface area contributed by atoms with Gasteiger partial charge >= 0.3 is 0 Å². The van der Waals surface area contributed by atoms with Crippen LogP contribution in [0.1, 0.15) is 71.1 Å². The van der Waals surface area contributed by atoms with Crippen LogP contribution in [-0.2, 0) is 9.53 Å². The minimum Gasteiger partial charge on any atom is -0.468 e. The molecule has 0 saturated heterocycles. The van der Waals surface area contributed by atoms with Gasteiger partial charge in [-0.05, 0) is 38.5 Å². The summed E-state index contributed by atoms with van der Waals surface area (Å²) in [4.78, 5) is 9.87. The fraction of sp³-hybridized carbons (Fsp3) is 0.800. The quantitative estimate of drug-likeness (QED) is 0.266. The number of allylic oxidation sites excluding steroid dienone is 2. The zero-order valence-corrected chi connectivity index (χ0v) is 11.3. The number of carbonyl (C=O) groups is 1. The summed E-state index contributed by atoms with van der Waals surface area (Å²) >= 11 is 0. The third-order valence-electron chi connectivity index (χ3n) is 2.84. The molecule has 100 valence electrons. The fourth-order valence-corrected chi connectivity index (χ4v) is 1.77. The number of hydrogen-bond acceptors (Lipinski definition) is 2. The first kappa shape index (κ1) is 16.2. The molecule has 0 aliphatic carbocycles. The van der Waals surface area contributed by atoms with Gasteiger partial charge in [0.15, 0.2) is 0 Å². The van der Waals surface area contributed by atoms with Crippen molar-refractivity contribution in [1.82, 2.24) is 0 Å².